The number of nitrogens with zero attached hydrogens (tertiary/aromatic N) is 4. The van der Waals surface area contributed by atoms with Crippen LogP contribution in [0.5, 0.6) is 0 Å². The molecule has 8 nitrogen and oxygen atoms in total. The lowest BCUT2D eigenvalue weighted by atomic mass is 10.1. The molecule has 0 spiro atoms. The van der Waals surface area contributed by atoms with Crippen molar-refractivity contribution in [2.24, 2.45) is 0 Å². The summed E-state index contributed by atoms with van der Waals surface area (Å²) in [6.07, 6.45) is 2.19. The molecule has 8 N–H and O–H groups in total. The number of nitrogens with two attached hydrogens (primary N) is 4. The van der Waals surface area contributed by atoms with Gasteiger partial charge < -0.3 is 22.9 Å². The van der Waals surface area contributed by atoms with Crippen molar-refractivity contribution >= 4 is 22.7 Å². The van der Waals surface area contributed by atoms with Gasteiger partial charge in [0, 0.05) is 75.1 Å². The van der Waals surface area contributed by atoms with Crippen molar-refractivity contribution < 1.29 is 0 Å². The first-order valence-electron chi connectivity index (χ1n) is 16.6. The molecule has 4 aromatic rings. The number of benzene rings is 4. The molecule has 0 amide bonds. The van der Waals surface area contributed by atoms with Gasteiger partial charge in [0.15, 0.2) is 0 Å². The summed E-state index contributed by atoms with van der Waals surface area (Å²) in [4.78, 5) is 10.5. The van der Waals surface area contributed by atoms with Crippen molar-refractivity contribution in [1.82, 2.24) is 19.6 Å². The Kier molecular flexibility index (Phi) is 12.3. The van der Waals surface area contributed by atoms with Crippen molar-refractivity contribution in [3.63, 3.8) is 0 Å². The van der Waals surface area contributed by atoms with Crippen LogP contribution in [0.15, 0.2) is 97.1 Å². The van der Waals surface area contributed by atoms with Crippen molar-refractivity contribution in [3.8, 4) is 0 Å². The largest absolute Gasteiger partial charge is 0.399 e. The second-order valence-corrected chi connectivity index (χ2v) is 12.8. The highest BCUT2D eigenvalue weighted by Gasteiger charge is 2.16. The van der Waals surface area contributed by atoms with E-state index in [9.17, 15) is 0 Å². The third kappa shape index (κ3) is 11.1. The lowest BCUT2D eigenvalue weighted by Crippen LogP contribution is -2.40. The van der Waals surface area contributed by atoms with Gasteiger partial charge in [-0.1, -0.05) is 48.5 Å². The fourth-order valence-electron chi connectivity index (χ4n) is 6.21. The smallest absolute Gasteiger partial charge is 0.0314 e. The summed E-state index contributed by atoms with van der Waals surface area (Å²) in [5.41, 5.74) is 32.4. The summed E-state index contributed by atoms with van der Waals surface area (Å²) < 4.78 is 0. The van der Waals surface area contributed by atoms with Gasteiger partial charge in [-0.2, -0.15) is 0 Å². The Bertz CT molecular complexity index is 1210. The van der Waals surface area contributed by atoms with Gasteiger partial charge in [-0.3, -0.25) is 19.6 Å². The maximum atomic E-state index is 6.00. The highest BCUT2D eigenvalue weighted by atomic mass is 15.2. The molecule has 0 atom stereocenters. The van der Waals surface area contributed by atoms with Crippen LogP contribution in [0.2, 0.25) is 0 Å². The Balaban J connectivity index is 1.33. The standard InChI is InChI=1S/C38H52N8/c39-35-11-3-31(4-12-35)27-43-19-1-20-44(28-32-5-13-36(40)14-6-32)24-26-46(30-34-9-17-38(42)18-10-34)22-2-21-45(25-23-43)29-33-7-15-37(41)16-8-33/h3-18H,1-2,19-30,39-42H2. The zero-order chi connectivity index (χ0) is 32.1. The Hall–Kier alpha value is -4.08. The first kappa shape index (κ1) is 33.3. The molecule has 1 aliphatic heterocycles. The summed E-state index contributed by atoms with van der Waals surface area (Å²) >= 11 is 0. The van der Waals surface area contributed by atoms with Crippen LogP contribution >= 0.6 is 0 Å². The van der Waals surface area contributed by atoms with Crippen LogP contribution in [0.1, 0.15) is 35.1 Å². The summed E-state index contributed by atoms with van der Waals surface area (Å²) in [7, 11) is 0. The number of nitrogen functional groups attached to an aromatic ring is 4. The van der Waals surface area contributed by atoms with Gasteiger partial charge in [0.1, 0.15) is 0 Å². The van der Waals surface area contributed by atoms with E-state index in [1.54, 1.807) is 0 Å². The summed E-state index contributed by atoms with van der Waals surface area (Å²) in [6, 6.07) is 33.4. The van der Waals surface area contributed by atoms with Crippen LogP contribution in [0.25, 0.3) is 0 Å². The zero-order valence-electron chi connectivity index (χ0n) is 27.2. The zero-order valence-corrected chi connectivity index (χ0v) is 27.2. The first-order valence-corrected chi connectivity index (χ1v) is 16.6. The normalized spacial score (nSPS) is 17.0. The molecule has 244 valence electrons. The first-order chi connectivity index (χ1) is 22.4. The highest BCUT2D eigenvalue weighted by molar-refractivity contribution is 5.41. The number of rotatable bonds is 8. The fraction of sp³-hybridized carbons (Fsp3) is 0.368. The lowest BCUT2D eigenvalue weighted by Gasteiger charge is -2.32. The van der Waals surface area contributed by atoms with E-state index < -0.39 is 0 Å². The molecule has 1 aliphatic rings. The summed E-state index contributed by atoms with van der Waals surface area (Å²) in [5, 5.41) is 0. The van der Waals surface area contributed by atoms with Crippen LogP contribution in [-0.2, 0) is 26.2 Å². The molecule has 0 saturated carbocycles. The van der Waals surface area contributed by atoms with Gasteiger partial charge in [0.2, 0.25) is 0 Å². The number of anilines is 4. The van der Waals surface area contributed by atoms with Crippen LogP contribution in [0.3, 0.4) is 0 Å². The molecular weight excluding hydrogens is 568 g/mol. The third-order valence-electron chi connectivity index (χ3n) is 8.91. The molecule has 0 aliphatic carbocycles. The topological polar surface area (TPSA) is 117 Å². The van der Waals surface area contributed by atoms with E-state index in [0.717, 1.165) is 114 Å². The average Bonchev–Trinajstić information content (AvgIpc) is 3.05. The van der Waals surface area contributed by atoms with Gasteiger partial charge in [-0.15, -0.1) is 0 Å². The van der Waals surface area contributed by atoms with E-state index in [1.807, 2.05) is 48.5 Å². The van der Waals surface area contributed by atoms with Crippen LogP contribution in [-0.4, -0.2) is 72.0 Å². The molecular formula is C38H52N8. The highest BCUT2D eigenvalue weighted by Crippen LogP contribution is 2.16. The Morgan fingerprint density at radius 1 is 0.304 bits per heavy atom. The van der Waals surface area contributed by atoms with Gasteiger partial charge in [0.25, 0.3) is 0 Å². The van der Waals surface area contributed by atoms with Gasteiger partial charge in [0.05, 0.1) is 0 Å². The van der Waals surface area contributed by atoms with Gasteiger partial charge >= 0.3 is 0 Å². The Labute approximate surface area is 275 Å². The third-order valence-corrected chi connectivity index (χ3v) is 8.91. The predicted octanol–water partition coefficient (Wildman–Crippen LogP) is 5.12. The second kappa shape index (κ2) is 17.0. The molecule has 1 heterocycles. The minimum Gasteiger partial charge on any atom is -0.399 e. The second-order valence-electron chi connectivity index (χ2n) is 12.8. The quantitative estimate of drug-likeness (QED) is 0.201. The fourth-order valence-corrected chi connectivity index (χ4v) is 6.21. The molecule has 0 unspecified atom stereocenters. The molecule has 8 heteroatoms. The van der Waals surface area contributed by atoms with Crippen molar-refractivity contribution in [2.75, 3.05) is 75.3 Å². The van der Waals surface area contributed by atoms with E-state index in [0.29, 0.717) is 0 Å². The predicted molar refractivity (Wildman–Crippen MR) is 194 cm³/mol. The van der Waals surface area contributed by atoms with E-state index in [4.69, 9.17) is 22.9 Å². The summed E-state index contributed by atoms with van der Waals surface area (Å²) in [5.74, 6) is 0. The van der Waals surface area contributed by atoms with Crippen molar-refractivity contribution in [2.45, 2.75) is 39.0 Å². The van der Waals surface area contributed by atoms with Gasteiger partial charge in [-0.25, -0.2) is 0 Å². The van der Waals surface area contributed by atoms with Crippen molar-refractivity contribution in [1.29, 1.82) is 0 Å². The van der Waals surface area contributed by atoms with E-state index >= 15 is 0 Å². The van der Waals surface area contributed by atoms with Crippen molar-refractivity contribution in [3.05, 3.63) is 119 Å². The van der Waals surface area contributed by atoms with Crippen LogP contribution in [0, 0.1) is 0 Å². The molecule has 0 aromatic heterocycles. The molecule has 1 saturated heterocycles. The maximum absolute atomic E-state index is 6.00. The van der Waals surface area contributed by atoms with E-state index in [2.05, 4.69) is 68.1 Å². The molecule has 1 fully saturated rings. The molecule has 46 heavy (non-hydrogen) atoms. The number of hydrogen-bond acceptors (Lipinski definition) is 8. The SMILES string of the molecule is Nc1ccc(CN2CCCN(Cc3ccc(N)cc3)CCN(Cc3ccc(N)cc3)CCCN(Cc3ccc(N)cc3)CC2)cc1. The lowest BCUT2D eigenvalue weighted by molar-refractivity contribution is 0.148. The number of hydrogen-bond donors (Lipinski definition) is 4. The monoisotopic (exact) mass is 620 g/mol. The van der Waals surface area contributed by atoms with Crippen LogP contribution in [0.4, 0.5) is 22.7 Å². The molecule has 0 bridgehead atoms. The minimum atomic E-state index is 0.808. The summed E-state index contributed by atoms with van der Waals surface area (Å²) in [6.45, 7) is 11.8. The minimum absolute atomic E-state index is 0.808. The molecule has 4 aromatic carbocycles. The van der Waals surface area contributed by atoms with E-state index in [1.165, 1.54) is 22.3 Å². The Morgan fingerprint density at radius 2 is 0.500 bits per heavy atom. The Morgan fingerprint density at radius 3 is 0.696 bits per heavy atom. The van der Waals surface area contributed by atoms with E-state index in [-0.39, 0.29) is 0 Å². The molecule has 5 rings (SSSR count). The van der Waals surface area contributed by atoms with Gasteiger partial charge in [-0.05, 0) is 110 Å². The maximum Gasteiger partial charge on any atom is 0.0314 e. The molecule has 0 radical (unpaired) electrons. The average molecular weight is 621 g/mol. The van der Waals surface area contributed by atoms with Crippen LogP contribution < -0.4 is 22.9 Å².